The number of phenols is 2. The van der Waals surface area contributed by atoms with E-state index in [1.165, 1.54) is 29.2 Å². The third-order valence-corrected chi connectivity index (χ3v) is 13.8. The first-order valence-electron chi connectivity index (χ1n) is 24.5. The fourth-order valence-corrected chi connectivity index (χ4v) is 9.36. The third-order valence-electron chi connectivity index (χ3n) is 13.8. The first-order valence-corrected chi connectivity index (χ1v) is 24.5. The van der Waals surface area contributed by atoms with Crippen LogP contribution in [0.15, 0.2) is 110 Å². The van der Waals surface area contributed by atoms with Crippen LogP contribution in [0.1, 0.15) is 111 Å². The number of piperidine rings is 1. The number of amides is 3. The molecule has 2 aromatic heterocycles. The van der Waals surface area contributed by atoms with E-state index in [1.54, 1.807) is 30.3 Å². The molecular weight excluding hydrogens is 915 g/mol. The lowest BCUT2D eigenvalue weighted by atomic mass is 9.73. The van der Waals surface area contributed by atoms with Crippen molar-refractivity contribution in [3.63, 3.8) is 0 Å². The summed E-state index contributed by atoms with van der Waals surface area (Å²) >= 11 is 0. The molecule has 3 atom stereocenters. The molecule has 0 saturated carbocycles. The molecule has 17 nitrogen and oxygen atoms in total. The highest BCUT2D eigenvalue weighted by Crippen LogP contribution is 2.46. The lowest BCUT2D eigenvalue weighted by Gasteiger charge is -2.37. The predicted octanol–water partition coefficient (Wildman–Crippen LogP) is 7.54. The normalized spacial score (nSPS) is 17.7. The molecule has 4 aromatic carbocycles. The second-order valence-electron chi connectivity index (χ2n) is 20.1. The van der Waals surface area contributed by atoms with Gasteiger partial charge in [-0.15, -0.1) is 5.10 Å². The number of phenolic OH excluding ortho intramolecular Hbond substituents is 2. The summed E-state index contributed by atoms with van der Waals surface area (Å²) in [5.41, 5.74) is 2.04. The maximum Gasteiger partial charge on any atom is 0.482 e. The van der Waals surface area contributed by atoms with E-state index in [0.29, 0.717) is 54.2 Å². The van der Waals surface area contributed by atoms with E-state index in [2.05, 4.69) is 44.6 Å². The molecule has 72 heavy (non-hydrogen) atoms. The van der Waals surface area contributed by atoms with E-state index in [4.69, 9.17) is 14.0 Å². The monoisotopic (exact) mass is 978 g/mol. The van der Waals surface area contributed by atoms with Crippen LogP contribution < -0.4 is 15.4 Å². The molecule has 0 radical (unpaired) electrons. The van der Waals surface area contributed by atoms with E-state index in [1.807, 2.05) is 94.1 Å². The number of aromatic nitrogens is 5. The smallest absolute Gasteiger partial charge is 0.482 e. The number of aromatic hydroxyl groups is 3. The van der Waals surface area contributed by atoms with Crippen molar-refractivity contribution in [3.8, 4) is 40.3 Å². The molecule has 2 aliphatic heterocycles. The average Bonchev–Trinajstić information content (AvgIpc) is 3.87. The van der Waals surface area contributed by atoms with Crippen molar-refractivity contribution in [1.82, 2.24) is 40.3 Å². The number of likely N-dealkylation sites (tertiary alicyclic amines) is 1. The molecule has 3 amide bonds. The standard InChI is InChI=1S/C54H63BN8O9/c1-33(2)27-47(59-49(66)43(28-35-11-9-8-10-12-35)58-50(67)44-31-56-23-24-57-44)55-71-53(5,6)54(7,72-55)38-15-13-37(14-16-38)51(68)62-25-21-36(22-26-62)32-70-40-19-17-39(18-20-40)63-48(60-61-52(63)69)42-29-41(34(3)4)45(64)30-46(42)65/h8-20,23-24,29-31,33-34,36,43,47,64-65H,21-22,25-28,32H2,1-7H3,(H,58,67)(H,59,66)(H,61,69)/t43-,47-,54?/m0/s1. The summed E-state index contributed by atoms with van der Waals surface area (Å²) in [6.07, 6.45) is 6.58. The predicted molar refractivity (Wildman–Crippen MR) is 271 cm³/mol. The molecule has 5 N–H and O–H groups in total. The first-order chi connectivity index (χ1) is 34.4. The van der Waals surface area contributed by atoms with Gasteiger partial charge in [0.2, 0.25) is 5.91 Å². The molecule has 8 rings (SSSR count). The largest absolute Gasteiger partial charge is 0.508 e. The maximum atomic E-state index is 14.2. The van der Waals surface area contributed by atoms with E-state index < -0.39 is 36.2 Å². The van der Waals surface area contributed by atoms with Crippen LogP contribution in [-0.4, -0.2) is 107 Å². The molecule has 18 heteroatoms. The van der Waals surface area contributed by atoms with Gasteiger partial charge in [-0.3, -0.25) is 19.4 Å². The van der Waals surface area contributed by atoms with Gasteiger partial charge >= 0.3 is 13.1 Å². The first kappa shape index (κ1) is 51.1. The summed E-state index contributed by atoms with van der Waals surface area (Å²) in [6, 6.07) is 25.7. The van der Waals surface area contributed by atoms with Crippen molar-refractivity contribution in [3.05, 3.63) is 138 Å². The van der Waals surface area contributed by atoms with Gasteiger partial charge in [-0.05, 0) is 117 Å². The van der Waals surface area contributed by atoms with Gasteiger partial charge < -0.3 is 44.9 Å². The number of rotatable bonds is 17. The summed E-state index contributed by atoms with van der Waals surface area (Å²) in [7, 11) is -0.829. The quantitative estimate of drug-likeness (QED) is 0.0558. The number of hydrogen-bond donors (Lipinski definition) is 5. The van der Waals surface area contributed by atoms with Crippen LogP contribution >= 0.6 is 0 Å². The van der Waals surface area contributed by atoms with E-state index in [0.717, 1.165) is 24.0 Å². The molecule has 2 saturated heterocycles. The molecule has 2 aliphatic rings. The van der Waals surface area contributed by atoms with Crippen molar-refractivity contribution in [2.24, 2.45) is 11.8 Å². The van der Waals surface area contributed by atoms with Crippen molar-refractivity contribution >= 4 is 24.8 Å². The highest BCUT2D eigenvalue weighted by atomic mass is 16.7. The minimum absolute atomic E-state index is 0.0225. The van der Waals surface area contributed by atoms with Gasteiger partial charge in [0.15, 0.2) is 5.82 Å². The summed E-state index contributed by atoms with van der Waals surface area (Å²) < 4.78 is 21.1. The Morgan fingerprint density at radius 3 is 2.21 bits per heavy atom. The zero-order valence-corrected chi connectivity index (χ0v) is 41.8. The van der Waals surface area contributed by atoms with Crippen molar-refractivity contribution < 1.29 is 43.7 Å². The minimum Gasteiger partial charge on any atom is -0.508 e. The van der Waals surface area contributed by atoms with Crippen LogP contribution in [-0.2, 0) is 26.1 Å². The van der Waals surface area contributed by atoms with Gasteiger partial charge in [0.25, 0.3) is 11.8 Å². The van der Waals surface area contributed by atoms with Crippen molar-refractivity contribution in [2.75, 3.05) is 19.7 Å². The fraction of sp³-hybridized carbons (Fsp3) is 0.389. The molecular formula is C54H63BN8O9. The Morgan fingerprint density at radius 2 is 1.56 bits per heavy atom. The fourth-order valence-electron chi connectivity index (χ4n) is 9.36. The van der Waals surface area contributed by atoms with E-state index in [-0.39, 0.29) is 65.0 Å². The summed E-state index contributed by atoms with van der Waals surface area (Å²) in [5.74, 6) is -0.528. The number of ether oxygens (including phenoxy) is 1. The molecule has 0 bridgehead atoms. The van der Waals surface area contributed by atoms with Gasteiger partial charge in [-0.25, -0.2) is 9.55 Å². The van der Waals surface area contributed by atoms with Crippen LogP contribution in [0.25, 0.3) is 17.1 Å². The van der Waals surface area contributed by atoms with Gasteiger partial charge in [-0.1, -0.05) is 75.3 Å². The minimum atomic E-state index is -0.960. The molecule has 1 unspecified atom stereocenters. The molecule has 0 aliphatic carbocycles. The Bertz CT molecular complexity index is 2840. The number of carbonyl (C=O) groups is 3. The van der Waals surface area contributed by atoms with Crippen molar-refractivity contribution in [2.45, 2.75) is 103 Å². The average molecular weight is 979 g/mol. The number of carbonyl (C=O) groups excluding carboxylic acids is 3. The van der Waals surface area contributed by atoms with Gasteiger partial charge in [0, 0.05) is 43.5 Å². The second-order valence-corrected chi connectivity index (χ2v) is 20.1. The topological polar surface area (TPSA) is 223 Å². The zero-order valence-electron chi connectivity index (χ0n) is 41.8. The number of hydrogen-bond acceptors (Lipinski definition) is 13. The van der Waals surface area contributed by atoms with E-state index in [9.17, 15) is 29.7 Å². The second kappa shape index (κ2) is 21.6. The Balaban J connectivity index is 0.867. The van der Waals surface area contributed by atoms with Gasteiger partial charge in [0.1, 0.15) is 34.6 Å². The Hall–Kier alpha value is -7.31. The number of nitrogens with one attached hydrogen (secondary N) is 2. The molecule has 0 spiro atoms. The summed E-state index contributed by atoms with van der Waals surface area (Å²) in [4.78, 5) is 51.3. The molecule has 376 valence electrons. The Kier molecular flexibility index (Phi) is 15.3. The highest BCUT2D eigenvalue weighted by Gasteiger charge is 2.57. The van der Waals surface area contributed by atoms with Crippen LogP contribution in [0.2, 0.25) is 0 Å². The SMILES string of the molecule is CC(C)C[C@H](NC(=O)[C@H](Cc1ccccc1)NC(=O)c1cnccn1)B1OC(C)(C)C(C)(c2ccc(C(=O)N3CCC(COc4ccc(-n5c(O)nnc5-c5cc(C(C)C)c(O)cc5O)cc4)CC3)cc2)O1. The molecule has 6 aromatic rings. The third kappa shape index (κ3) is 11.2. The summed E-state index contributed by atoms with van der Waals surface area (Å²) in [5, 5.41) is 45.7. The van der Waals surface area contributed by atoms with Crippen LogP contribution in [0.3, 0.4) is 0 Å². The Labute approximate surface area is 420 Å². The number of benzene rings is 4. The molecule has 2 fully saturated rings. The molecule has 4 heterocycles. The highest BCUT2D eigenvalue weighted by molar-refractivity contribution is 6.48. The number of nitrogens with zero attached hydrogens (tertiary/aromatic N) is 6. The maximum absolute atomic E-state index is 14.2. The zero-order chi connectivity index (χ0) is 51.3. The van der Waals surface area contributed by atoms with Crippen LogP contribution in [0.5, 0.6) is 23.3 Å². The lowest BCUT2D eigenvalue weighted by molar-refractivity contribution is -0.123. The Morgan fingerprint density at radius 1 is 0.847 bits per heavy atom. The van der Waals surface area contributed by atoms with Gasteiger partial charge in [0.05, 0.1) is 35.6 Å². The van der Waals surface area contributed by atoms with E-state index >= 15 is 0 Å². The van der Waals surface area contributed by atoms with Crippen LogP contribution in [0, 0.1) is 11.8 Å². The lowest BCUT2D eigenvalue weighted by Crippen LogP contribution is -2.55. The van der Waals surface area contributed by atoms with Crippen LogP contribution in [0.4, 0.5) is 0 Å². The van der Waals surface area contributed by atoms with Gasteiger partial charge in [-0.2, -0.15) is 0 Å². The van der Waals surface area contributed by atoms with Crippen molar-refractivity contribution in [1.29, 1.82) is 0 Å². The summed E-state index contributed by atoms with van der Waals surface area (Å²) in [6.45, 7) is 15.5.